The van der Waals surface area contributed by atoms with Crippen molar-refractivity contribution in [3.8, 4) is 0 Å². The maximum Gasteiger partial charge on any atom is 0.226 e. The number of nitrogens with zero attached hydrogens (tertiary/aromatic N) is 4. The molecule has 0 saturated heterocycles. The number of aromatic nitrogens is 3. The van der Waals surface area contributed by atoms with Gasteiger partial charge in [0.1, 0.15) is 0 Å². The lowest BCUT2D eigenvalue weighted by Crippen LogP contribution is -2.26. The van der Waals surface area contributed by atoms with Gasteiger partial charge in [0.25, 0.3) is 0 Å². The standard InChI is InChI=1S/C3H6N6.C3H9NO3/c4-1-7-2(5)9-3(6)8-1;5-1-4(2-6)3-7/h(H6,4,5,6,7,8,9);5-7H,1-3H2. The summed E-state index contributed by atoms with van der Waals surface area (Å²) in [6.07, 6.45) is 0. The van der Waals surface area contributed by atoms with Crippen molar-refractivity contribution in [1.82, 2.24) is 19.9 Å². The van der Waals surface area contributed by atoms with Crippen molar-refractivity contribution in [3.63, 3.8) is 0 Å². The lowest BCUT2D eigenvalue weighted by molar-refractivity contribution is -0.0268. The maximum atomic E-state index is 8.13. The first-order chi connectivity index (χ1) is 7.53. The Balaban J connectivity index is 0.000000293. The molecule has 0 aliphatic rings. The minimum Gasteiger partial charge on any atom is -0.381 e. The maximum absolute atomic E-state index is 8.13. The van der Waals surface area contributed by atoms with Gasteiger partial charge in [-0.1, -0.05) is 0 Å². The molecule has 0 fully saturated rings. The van der Waals surface area contributed by atoms with E-state index in [-0.39, 0.29) is 38.0 Å². The Bertz CT molecular complexity index is 250. The van der Waals surface area contributed by atoms with Crippen LogP contribution in [0.3, 0.4) is 0 Å². The van der Waals surface area contributed by atoms with E-state index in [9.17, 15) is 0 Å². The molecule has 0 saturated carbocycles. The summed E-state index contributed by atoms with van der Waals surface area (Å²) in [5.41, 5.74) is 15.4. The Labute approximate surface area is 91.4 Å². The van der Waals surface area contributed by atoms with Crippen molar-refractivity contribution >= 4 is 17.8 Å². The van der Waals surface area contributed by atoms with Crippen LogP contribution < -0.4 is 17.2 Å². The fraction of sp³-hybridized carbons (Fsp3) is 0.500. The van der Waals surface area contributed by atoms with Crippen LogP contribution in [-0.4, -0.2) is 55.4 Å². The van der Waals surface area contributed by atoms with Gasteiger partial charge in [0.2, 0.25) is 17.8 Å². The van der Waals surface area contributed by atoms with Gasteiger partial charge in [0.15, 0.2) is 0 Å². The van der Waals surface area contributed by atoms with E-state index in [1.807, 2.05) is 0 Å². The molecule has 1 rings (SSSR count). The number of nitrogen functional groups attached to an aromatic ring is 3. The number of aliphatic hydroxyl groups excluding tert-OH is 3. The van der Waals surface area contributed by atoms with E-state index >= 15 is 0 Å². The molecule has 9 N–H and O–H groups in total. The number of anilines is 3. The van der Waals surface area contributed by atoms with E-state index < -0.39 is 0 Å². The normalized spacial score (nSPS) is 9.75. The Morgan fingerprint density at radius 1 is 0.750 bits per heavy atom. The summed E-state index contributed by atoms with van der Waals surface area (Å²) in [4.78, 5) is 11.5. The zero-order valence-electron chi connectivity index (χ0n) is 8.48. The first-order valence-corrected chi connectivity index (χ1v) is 4.11. The zero-order valence-corrected chi connectivity index (χ0v) is 8.48. The van der Waals surface area contributed by atoms with E-state index in [0.717, 1.165) is 4.90 Å². The summed E-state index contributed by atoms with van der Waals surface area (Å²) in [6.45, 7) is -0.938. The lowest BCUT2D eigenvalue weighted by atomic mass is 10.9. The molecule has 0 aliphatic heterocycles. The third-order valence-corrected chi connectivity index (χ3v) is 1.29. The monoisotopic (exact) mass is 233 g/mol. The van der Waals surface area contributed by atoms with Gasteiger partial charge in [0.05, 0.1) is 20.2 Å². The molecule has 10 heteroatoms. The van der Waals surface area contributed by atoms with Crippen molar-refractivity contribution in [3.05, 3.63) is 0 Å². The van der Waals surface area contributed by atoms with Gasteiger partial charge in [-0.3, -0.25) is 0 Å². The van der Waals surface area contributed by atoms with E-state index in [1.54, 1.807) is 0 Å². The van der Waals surface area contributed by atoms with E-state index in [0.29, 0.717) is 0 Å². The molecule has 0 aromatic carbocycles. The summed E-state index contributed by atoms with van der Waals surface area (Å²) in [6, 6.07) is 0. The van der Waals surface area contributed by atoms with Crippen LogP contribution in [0.2, 0.25) is 0 Å². The molecule has 10 nitrogen and oxygen atoms in total. The average Bonchev–Trinajstić information content (AvgIpc) is 2.19. The highest BCUT2D eigenvalue weighted by Crippen LogP contribution is 1.97. The van der Waals surface area contributed by atoms with Gasteiger partial charge in [-0.15, -0.1) is 0 Å². The summed E-state index contributed by atoms with van der Waals surface area (Å²) >= 11 is 0. The molecule has 16 heavy (non-hydrogen) atoms. The number of hydrogen-bond acceptors (Lipinski definition) is 10. The third-order valence-electron chi connectivity index (χ3n) is 1.29. The fourth-order valence-corrected chi connectivity index (χ4v) is 0.561. The minimum atomic E-state index is -0.312. The van der Waals surface area contributed by atoms with Gasteiger partial charge in [-0.2, -0.15) is 15.0 Å². The predicted octanol–water partition coefficient (Wildman–Crippen LogP) is -3.24. The van der Waals surface area contributed by atoms with Crippen LogP contribution in [0.4, 0.5) is 17.8 Å². The minimum absolute atomic E-state index is 0.0417. The molecule has 0 aliphatic carbocycles. The second-order valence-electron chi connectivity index (χ2n) is 2.51. The average molecular weight is 233 g/mol. The van der Waals surface area contributed by atoms with Crippen LogP contribution >= 0.6 is 0 Å². The predicted molar refractivity (Wildman–Crippen MR) is 56.2 cm³/mol. The largest absolute Gasteiger partial charge is 0.381 e. The van der Waals surface area contributed by atoms with Gasteiger partial charge < -0.3 is 32.5 Å². The SMILES string of the molecule is Nc1nc(N)nc(N)n1.OCN(CO)CO. The van der Waals surface area contributed by atoms with Crippen LogP contribution in [0.1, 0.15) is 0 Å². The molecule has 0 atom stereocenters. The molecule has 0 unspecified atom stereocenters. The summed E-state index contributed by atoms with van der Waals surface area (Å²) in [5.74, 6) is 0.125. The molecule has 1 heterocycles. The quantitative estimate of drug-likeness (QED) is 0.290. The Kier molecular flexibility index (Phi) is 6.71. The van der Waals surface area contributed by atoms with Crippen molar-refractivity contribution in [1.29, 1.82) is 0 Å². The Morgan fingerprint density at radius 3 is 1.12 bits per heavy atom. The molecule has 1 aromatic heterocycles. The number of rotatable bonds is 3. The van der Waals surface area contributed by atoms with Crippen molar-refractivity contribution in [2.45, 2.75) is 0 Å². The van der Waals surface area contributed by atoms with E-state index in [1.165, 1.54) is 0 Å². The summed E-state index contributed by atoms with van der Waals surface area (Å²) in [5, 5.41) is 24.4. The first kappa shape index (κ1) is 14.2. The van der Waals surface area contributed by atoms with E-state index in [4.69, 9.17) is 32.5 Å². The van der Waals surface area contributed by atoms with Gasteiger partial charge in [0, 0.05) is 0 Å². The molecule has 92 valence electrons. The van der Waals surface area contributed by atoms with Crippen LogP contribution in [0.15, 0.2) is 0 Å². The van der Waals surface area contributed by atoms with Gasteiger partial charge >= 0.3 is 0 Å². The highest BCUT2D eigenvalue weighted by atomic mass is 16.3. The molecular formula is C6H15N7O3. The van der Waals surface area contributed by atoms with Crippen LogP contribution in [-0.2, 0) is 0 Å². The Morgan fingerprint density at radius 2 is 1.00 bits per heavy atom. The third kappa shape index (κ3) is 5.87. The summed E-state index contributed by atoms with van der Waals surface area (Å²) < 4.78 is 0. The molecule has 0 radical (unpaired) electrons. The molecule has 0 bridgehead atoms. The van der Waals surface area contributed by atoms with E-state index in [2.05, 4.69) is 15.0 Å². The smallest absolute Gasteiger partial charge is 0.226 e. The van der Waals surface area contributed by atoms with Crippen molar-refractivity contribution in [2.75, 3.05) is 37.4 Å². The molecule has 0 spiro atoms. The zero-order chi connectivity index (χ0) is 12.6. The molecule has 1 aromatic rings. The van der Waals surface area contributed by atoms with Crippen molar-refractivity contribution in [2.24, 2.45) is 0 Å². The second-order valence-corrected chi connectivity index (χ2v) is 2.51. The van der Waals surface area contributed by atoms with Crippen LogP contribution in [0.25, 0.3) is 0 Å². The molecule has 0 amide bonds. The van der Waals surface area contributed by atoms with Crippen molar-refractivity contribution < 1.29 is 15.3 Å². The highest BCUT2D eigenvalue weighted by Gasteiger charge is 1.94. The highest BCUT2D eigenvalue weighted by molar-refractivity contribution is 5.33. The topological polar surface area (TPSA) is 181 Å². The first-order valence-electron chi connectivity index (χ1n) is 4.11. The van der Waals surface area contributed by atoms with Crippen LogP contribution in [0.5, 0.6) is 0 Å². The molecular weight excluding hydrogens is 218 g/mol. The van der Waals surface area contributed by atoms with Gasteiger partial charge in [-0.05, 0) is 0 Å². The lowest BCUT2D eigenvalue weighted by Gasteiger charge is -2.09. The number of hydrogen-bond donors (Lipinski definition) is 6. The number of nitrogens with two attached hydrogens (primary N) is 3. The summed E-state index contributed by atoms with van der Waals surface area (Å²) in [7, 11) is 0. The number of aliphatic hydroxyl groups is 3. The second kappa shape index (κ2) is 7.53. The fourth-order valence-electron chi connectivity index (χ4n) is 0.561. The Hall–Kier alpha value is -1.75. The van der Waals surface area contributed by atoms with Gasteiger partial charge in [-0.25, -0.2) is 4.90 Å². The van der Waals surface area contributed by atoms with Crippen LogP contribution in [0, 0.1) is 0 Å².